The average Bonchev–Trinajstić information content (AvgIpc) is 2.96. The van der Waals surface area contributed by atoms with Crippen molar-refractivity contribution in [2.45, 2.75) is 26.3 Å². The summed E-state index contributed by atoms with van der Waals surface area (Å²) < 4.78 is 18.9. The molecule has 0 N–H and O–H groups in total. The normalized spacial score (nSPS) is 10.5. The lowest BCUT2D eigenvalue weighted by Gasteiger charge is -2.21. The molecule has 0 aliphatic heterocycles. The second-order valence-electron chi connectivity index (χ2n) is 4.52. The molecule has 106 valence electrons. The summed E-state index contributed by atoms with van der Waals surface area (Å²) in [5.41, 5.74) is 0.0441. The highest BCUT2D eigenvalue weighted by molar-refractivity contribution is 5.94. The Morgan fingerprint density at radius 2 is 2.30 bits per heavy atom. The van der Waals surface area contributed by atoms with Gasteiger partial charge in [0.1, 0.15) is 5.76 Å². The number of furan rings is 1. The number of halogens is 1. The fraction of sp³-hybridized carbons (Fsp3) is 0.333. The van der Waals surface area contributed by atoms with Gasteiger partial charge in [-0.2, -0.15) is 0 Å². The smallest absolute Gasteiger partial charge is 0.257 e. The topological polar surface area (TPSA) is 46.3 Å². The zero-order valence-electron chi connectivity index (χ0n) is 11.4. The second kappa shape index (κ2) is 6.84. The quantitative estimate of drug-likeness (QED) is 0.813. The van der Waals surface area contributed by atoms with E-state index in [4.69, 9.17) is 4.42 Å². The van der Waals surface area contributed by atoms with Crippen LogP contribution in [0, 0.1) is 5.82 Å². The van der Waals surface area contributed by atoms with E-state index < -0.39 is 5.82 Å². The summed E-state index contributed by atoms with van der Waals surface area (Å²) in [5, 5.41) is 0. The van der Waals surface area contributed by atoms with E-state index in [0.29, 0.717) is 18.8 Å². The summed E-state index contributed by atoms with van der Waals surface area (Å²) in [6.45, 7) is 2.95. The largest absolute Gasteiger partial charge is 0.467 e. The Morgan fingerprint density at radius 1 is 1.45 bits per heavy atom. The highest BCUT2D eigenvalue weighted by atomic mass is 19.1. The van der Waals surface area contributed by atoms with Crippen molar-refractivity contribution in [3.8, 4) is 0 Å². The zero-order chi connectivity index (χ0) is 14.4. The molecule has 0 fully saturated rings. The first kappa shape index (κ1) is 14.2. The highest BCUT2D eigenvalue weighted by Gasteiger charge is 2.19. The zero-order valence-corrected chi connectivity index (χ0v) is 11.4. The molecule has 0 spiro atoms. The maximum Gasteiger partial charge on any atom is 0.257 e. The molecule has 4 nitrogen and oxygen atoms in total. The third-order valence-electron chi connectivity index (χ3n) is 3.00. The maximum absolute atomic E-state index is 13.7. The van der Waals surface area contributed by atoms with E-state index >= 15 is 0 Å². The maximum atomic E-state index is 13.7. The van der Waals surface area contributed by atoms with Gasteiger partial charge in [-0.05, 0) is 24.6 Å². The molecule has 0 saturated heterocycles. The second-order valence-corrected chi connectivity index (χ2v) is 4.52. The van der Waals surface area contributed by atoms with Crippen LogP contribution >= 0.6 is 0 Å². The summed E-state index contributed by atoms with van der Waals surface area (Å²) in [4.78, 5) is 17.7. The Morgan fingerprint density at radius 3 is 2.95 bits per heavy atom. The predicted molar refractivity (Wildman–Crippen MR) is 72.6 cm³/mol. The van der Waals surface area contributed by atoms with Gasteiger partial charge in [0, 0.05) is 12.7 Å². The van der Waals surface area contributed by atoms with Crippen molar-refractivity contribution in [2.75, 3.05) is 6.54 Å². The van der Waals surface area contributed by atoms with Crippen LogP contribution in [0.2, 0.25) is 0 Å². The molecule has 2 aromatic heterocycles. The van der Waals surface area contributed by atoms with Crippen molar-refractivity contribution in [1.29, 1.82) is 0 Å². The molecule has 2 aromatic rings. The number of rotatable bonds is 6. The number of aromatic nitrogens is 1. The van der Waals surface area contributed by atoms with E-state index in [1.54, 1.807) is 23.3 Å². The molecule has 2 rings (SSSR count). The van der Waals surface area contributed by atoms with Crippen molar-refractivity contribution in [3.63, 3.8) is 0 Å². The van der Waals surface area contributed by atoms with E-state index in [-0.39, 0.29) is 11.5 Å². The Kier molecular flexibility index (Phi) is 4.87. The first-order valence-corrected chi connectivity index (χ1v) is 6.63. The Labute approximate surface area is 117 Å². The van der Waals surface area contributed by atoms with Gasteiger partial charge in [0.2, 0.25) is 0 Å². The standard InChI is InChI=1S/C15H17FN2O2/c1-2-3-8-18(11-12-5-4-9-20-12)15(19)13-6-7-17-10-14(13)16/h4-7,9-10H,2-3,8,11H2,1H3. The highest BCUT2D eigenvalue weighted by Crippen LogP contribution is 2.13. The van der Waals surface area contributed by atoms with Crippen LogP contribution in [0.4, 0.5) is 4.39 Å². The Bertz CT molecular complexity index is 555. The predicted octanol–water partition coefficient (Wildman–Crippen LogP) is 3.26. The fourth-order valence-corrected chi connectivity index (χ4v) is 1.91. The van der Waals surface area contributed by atoms with Crippen LogP contribution in [0.25, 0.3) is 0 Å². The van der Waals surface area contributed by atoms with E-state index in [2.05, 4.69) is 4.98 Å². The van der Waals surface area contributed by atoms with Gasteiger partial charge in [-0.15, -0.1) is 0 Å². The van der Waals surface area contributed by atoms with Gasteiger partial charge in [0.25, 0.3) is 5.91 Å². The van der Waals surface area contributed by atoms with Crippen molar-refractivity contribution >= 4 is 5.91 Å². The minimum absolute atomic E-state index is 0.0441. The number of amides is 1. The van der Waals surface area contributed by atoms with Crippen molar-refractivity contribution in [3.05, 3.63) is 54.0 Å². The van der Waals surface area contributed by atoms with E-state index in [9.17, 15) is 9.18 Å². The van der Waals surface area contributed by atoms with Gasteiger partial charge in [-0.3, -0.25) is 9.78 Å². The molecule has 0 saturated carbocycles. The average molecular weight is 276 g/mol. The summed E-state index contributed by atoms with van der Waals surface area (Å²) in [6, 6.07) is 4.97. The number of unbranched alkanes of at least 4 members (excludes halogenated alkanes) is 1. The monoisotopic (exact) mass is 276 g/mol. The number of carbonyl (C=O) groups is 1. The SMILES string of the molecule is CCCCN(Cc1ccco1)C(=O)c1ccncc1F. The lowest BCUT2D eigenvalue weighted by Crippen LogP contribution is -2.32. The fourth-order valence-electron chi connectivity index (χ4n) is 1.91. The van der Waals surface area contributed by atoms with E-state index in [0.717, 1.165) is 19.0 Å². The first-order chi connectivity index (χ1) is 9.72. The number of carbonyl (C=O) groups excluding carboxylic acids is 1. The molecule has 0 radical (unpaired) electrons. The Balaban J connectivity index is 2.17. The number of hydrogen-bond donors (Lipinski definition) is 0. The minimum Gasteiger partial charge on any atom is -0.467 e. The van der Waals surface area contributed by atoms with Gasteiger partial charge in [-0.25, -0.2) is 4.39 Å². The first-order valence-electron chi connectivity index (χ1n) is 6.63. The molecule has 2 heterocycles. The molecule has 5 heteroatoms. The number of pyridine rings is 1. The molecule has 0 unspecified atom stereocenters. The van der Waals surface area contributed by atoms with Gasteiger partial charge in [-0.1, -0.05) is 13.3 Å². The number of hydrogen-bond acceptors (Lipinski definition) is 3. The molecule has 0 bridgehead atoms. The number of nitrogens with zero attached hydrogens (tertiary/aromatic N) is 2. The molecule has 20 heavy (non-hydrogen) atoms. The van der Waals surface area contributed by atoms with Crippen LogP contribution in [0.15, 0.2) is 41.3 Å². The van der Waals surface area contributed by atoms with Crippen molar-refractivity contribution in [2.24, 2.45) is 0 Å². The van der Waals surface area contributed by atoms with Gasteiger partial charge >= 0.3 is 0 Å². The third-order valence-corrected chi connectivity index (χ3v) is 3.00. The van der Waals surface area contributed by atoms with Crippen molar-refractivity contribution in [1.82, 2.24) is 9.88 Å². The molecule has 0 aliphatic carbocycles. The molecule has 0 aliphatic rings. The summed E-state index contributed by atoms with van der Waals surface area (Å²) in [5.74, 6) is -0.253. The van der Waals surface area contributed by atoms with Gasteiger partial charge in [0.15, 0.2) is 5.82 Å². The lowest BCUT2D eigenvalue weighted by atomic mass is 10.2. The third kappa shape index (κ3) is 3.44. The molecular weight excluding hydrogens is 259 g/mol. The van der Waals surface area contributed by atoms with Crippen molar-refractivity contribution < 1.29 is 13.6 Å². The van der Waals surface area contributed by atoms with Crippen LogP contribution in [-0.2, 0) is 6.54 Å². The Hall–Kier alpha value is -2.17. The molecule has 0 aromatic carbocycles. The van der Waals surface area contributed by atoms with E-state index in [1.165, 1.54) is 12.3 Å². The van der Waals surface area contributed by atoms with Gasteiger partial charge in [0.05, 0.1) is 24.6 Å². The van der Waals surface area contributed by atoms with Crippen LogP contribution in [0.1, 0.15) is 35.9 Å². The molecule has 0 atom stereocenters. The molecule has 1 amide bonds. The van der Waals surface area contributed by atoms with Gasteiger partial charge < -0.3 is 9.32 Å². The summed E-state index contributed by atoms with van der Waals surface area (Å²) in [6.07, 6.45) is 5.85. The van der Waals surface area contributed by atoms with Crippen LogP contribution < -0.4 is 0 Å². The van der Waals surface area contributed by atoms with Crippen LogP contribution in [-0.4, -0.2) is 22.3 Å². The van der Waals surface area contributed by atoms with E-state index in [1.807, 2.05) is 6.92 Å². The molecular formula is C15H17FN2O2. The minimum atomic E-state index is -0.599. The lowest BCUT2D eigenvalue weighted by molar-refractivity contribution is 0.0724. The summed E-state index contributed by atoms with van der Waals surface area (Å²) >= 11 is 0. The summed E-state index contributed by atoms with van der Waals surface area (Å²) in [7, 11) is 0. The van der Waals surface area contributed by atoms with Crippen LogP contribution in [0.5, 0.6) is 0 Å². The van der Waals surface area contributed by atoms with Crippen LogP contribution in [0.3, 0.4) is 0 Å².